The van der Waals surface area contributed by atoms with Crippen molar-refractivity contribution in [2.45, 2.75) is 0 Å². The lowest BCUT2D eigenvalue weighted by molar-refractivity contribution is -0.122. The van der Waals surface area contributed by atoms with E-state index in [1.54, 1.807) is 13.3 Å². The fourth-order valence-corrected chi connectivity index (χ4v) is 3.33. The number of carbonyl (C=O) groups is 1. The number of methoxy groups -OCH3 is 1. The van der Waals surface area contributed by atoms with Crippen LogP contribution >= 0.6 is 24.0 Å². The van der Waals surface area contributed by atoms with Crippen molar-refractivity contribution in [3.63, 3.8) is 0 Å². The Balaban J connectivity index is 1.82. The molecule has 3 rings (SSSR count). The van der Waals surface area contributed by atoms with E-state index in [0.717, 1.165) is 11.1 Å². The minimum Gasteiger partial charge on any atom is -0.496 e. The van der Waals surface area contributed by atoms with Gasteiger partial charge in [-0.25, -0.2) is 0 Å². The number of ether oxygens (including phenoxy) is 1. The van der Waals surface area contributed by atoms with Crippen molar-refractivity contribution in [2.24, 2.45) is 5.10 Å². The van der Waals surface area contributed by atoms with Gasteiger partial charge in [0, 0.05) is 5.56 Å². The third kappa shape index (κ3) is 3.55. The van der Waals surface area contributed by atoms with E-state index in [4.69, 9.17) is 17.0 Å². The molecule has 4 nitrogen and oxygen atoms in total. The van der Waals surface area contributed by atoms with Gasteiger partial charge in [-0.3, -0.25) is 4.79 Å². The summed E-state index contributed by atoms with van der Waals surface area (Å²) in [6.07, 6.45) is 3.40. The van der Waals surface area contributed by atoms with Gasteiger partial charge in [0.1, 0.15) is 5.75 Å². The van der Waals surface area contributed by atoms with Crippen LogP contribution in [0, 0.1) is 0 Å². The average Bonchev–Trinajstić information content (AvgIpc) is 2.87. The Kier molecular flexibility index (Phi) is 5.08. The van der Waals surface area contributed by atoms with E-state index in [1.807, 2.05) is 60.7 Å². The number of thiocarbonyl (C=S) groups is 1. The highest BCUT2D eigenvalue weighted by atomic mass is 32.2. The Labute approximate surface area is 149 Å². The van der Waals surface area contributed by atoms with Gasteiger partial charge in [0.15, 0.2) is 4.32 Å². The van der Waals surface area contributed by atoms with Crippen LogP contribution in [0.3, 0.4) is 0 Å². The van der Waals surface area contributed by atoms with Crippen LogP contribution in [0.2, 0.25) is 0 Å². The fourth-order valence-electron chi connectivity index (χ4n) is 2.15. The Bertz CT molecular complexity index is 832. The van der Waals surface area contributed by atoms with Gasteiger partial charge in [0.25, 0.3) is 5.91 Å². The number of hydrogen-bond acceptors (Lipinski definition) is 5. The van der Waals surface area contributed by atoms with Crippen LogP contribution in [0.25, 0.3) is 6.08 Å². The Morgan fingerprint density at radius 2 is 1.83 bits per heavy atom. The van der Waals surface area contributed by atoms with Gasteiger partial charge in [-0.2, -0.15) is 10.1 Å². The average molecular weight is 354 g/mol. The van der Waals surface area contributed by atoms with E-state index in [2.05, 4.69) is 5.10 Å². The highest BCUT2D eigenvalue weighted by Gasteiger charge is 2.32. The molecule has 0 N–H and O–H groups in total. The molecule has 1 amide bonds. The summed E-state index contributed by atoms with van der Waals surface area (Å²) in [5.74, 6) is 0.464. The number of rotatable bonds is 4. The highest BCUT2D eigenvalue weighted by molar-refractivity contribution is 8.26. The van der Waals surface area contributed by atoms with Crippen molar-refractivity contribution < 1.29 is 9.53 Å². The molecule has 24 heavy (non-hydrogen) atoms. The second-order valence-corrected chi connectivity index (χ2v) is 6.57. The quantitative estimate of drug-likeness (QED) is 0.474. The summed E-state index contributed by atoms with van der Waals surface area (Å²) in [5, 5.41) is 5.47. The van der Waals surface area contributed by atoms with Crippen LogP contribution in [-0.2, 0) is 4.79 Å². The SMILES string of the molecule is COc1ccccc1C=NN1C(=O)C(=Cc2ccccc2)SC1=S. The van der Waals surface area contributed by atoms with E-state index in [9.17, 15) is 4.79 Å². The zero-order valence-corrected chi connectivity index (χ0v) is 14.5. The third-order valence-corrected chi connectivity index (χ3v) is 4.60. The molecule has 0 aromatic heterocycles. The molecular formula is C18H14N2O2S2. The van der Waals surface area contributed by atoms with Crippen molar-refractivity contribution in [1.29, 1.82) is 0 Å². The molecule has 0 unspecified atom stereocenters. The van der Waals surface area contributed by atoms with Crippen LogP contribution in [0.5, 0.6) is 5.75 Å². The first-order valence-corrected chi connectivity index (χ1v) is 8.41. The molecule has 120 valence electrons. The van der Waals surface area contributed by atoms with E-state index >= 15 is 0 Å². The summed E-state index contributed by atoms with van der Waals surface area (Å²) in [6, 6.07) is 17.1. The molecule has 0 atom stereocenters. The second-order valence-electron chi connectivity index (χ2n) is 4.89. The Morgan fingerprint density at radius 1 is 1.12 bits per heavy atom. The van der Waals surface area contributed by atoms with E-state index in [0.29, 0.717) is 15.0 Å². The van der Waals surface area contributed by atoms with Gasteiger partial charge in [-0.15, -0.1) is 0 Å². The van der Waals surface area contributed by atoms with E-state index in [-0.39, 0.29) is 5.91 Å². The molecule has 2 aromatic rings. The van der Waals surface area contributed by atoms with E-state index in [1.165, 1.54) is 16.8 Å². The van der Waals surface area contributed by atoms with Crippen molar-refractivity contribution in [3.8, 4) is 5.75 Å². The van der Waals surface area contributed by atoms with Crippen molar-refractivity contribution in [3.05, 3.63) is 70.6 Å². The van der Waals surface area contributed by atoms with Gasteiger partial charge in [0.2, 0.25) is 0 Å². The minimum atomic E-state index is -0.222. The molecule has 1 saturated heterocycles. The van der Waals surface area contributed by atoms with Gasteiger partial charge >= 0.3 is 0 Å². The maximum absolute atomic E-state index is 12.5. The number of hydrogen-bond donors (Lipinski definition) is 0. The fraction of sp³-hybridized carbons (Fsp3) is 0.0556. The molecule has 2 aromatic carbocycles. The molecule has 0 spiro atoms. The van der Waals surface area contributed by atoms with Crippen LogP contribution in [0.4, 0.5) is 0 Å². The first-order valence-electron chi connectivity index (χ1n) is 7.19. The molecule has 1 aliphatic heterocycles. The monoisotopic (exact) mass is 354 g/mol. The predicted molar refractivity (Wildman–Crippen MR) is 102 cm³/mol. The lowest BCUT2D eigenvalue weighted by Crippen LogP contribution is -2.22. The number of hydrazone groups is 1. The number of benzene rings is 2. The van der Waals surface area contributed by atoms with Crippen molar-refractivity contribution in [2.75, 3.05) is 7.11 Å². The summed E-state index contributed by atoms with van der Waals surface area (Å²) in [7, 11) is 1.59. The predicted octanol–water partition coefficient (Wildman–Crippen LogP) is 3.93. The van der Waals surface area contributed by atoms with Gasteiger partial charge < -0.3 is 4.74 Å². The molecule has 0 aliphatic carbocycles. The normalized spacial score (nSPS) is 16.4. The molecular weight excluding hydrogens is 340 g/mol. The number of amides is 1. The molecule has 6 heteroatoms. The van der Waals surface area contributed by atoms with Gasteiger partial charge in [0.05, 0.1) is 18.2 Å². The molecule has 1 heterocycles. The van der Waals surface area contributed by atoms with Crippen molar-refractivity contribution >= 4 is 46.5 Å². The zero-order valence-electron chi connectivity index (χ0n) is 12.9. The smallest absolute Gasteiger partial charge is 0.286 e. The van der Waals surface area contributed by atoms with Crippen LogP contribution < -0.4 is 4.74 Å². The largest absolute Gasteiger partial charge is 0.496 e. The lowest BCUT2D eigenvalue weighted by atomic mass is 10.2. The van der Waals surface area contributed by atoms with Crippen molar-refractivity contribution in [1.82, 2.24) is 5.01 Å². The standard InChI is InChI=1S/C18H14N2O2S2/c1-22-15-10-6-5-9-14(15)12-19-20-17(21)16(24-18(20)23)11-13-7-3-2-4-8-13/h2-12H,1H3. The summed E-state index contributed by atoms with van der Waals surface area (Å²) in [4.78, 5) is 13.1. The summed E-state index contributed by atoms with van der Waals surface area (Å²) < 4.78 is 5.68. The molecule has 0 saturated carbocycles. The first kappa shape index (κ1) is 16.4. The van der Waals surface area contributed by atoms with Gasteiger partial charge in [-0.05, 0) is 36.0 Å². The number of para-hydroxylation sites is 1. The molecule has 0 radical (unpaired) electrons. The van der Waals surface area contributed by atoms with Crippen LogP contribution in [-0.4, -0.2) is 28.6 Å². The second kappa shape index (κ2) is 7.42. The topological polar surface area (TPSA) is 41.9 Å². The maximum atomic E-state index is 12.5. The third-order valence-electron chi connectivity index (χ3n) is 3.32. The Morgan fingerprint density at radius 3 is 2.58 bits per heavy atom. The highest BCUT2D eigenvalue weighted by Crippen LogP contribution is 2.32. The summed E-state index contributed by atoms with van der Waals surface area (Å²) in [5.41, 5.74) is 1.73. The summed E-state index contributed by atoms with van der Waals surface area (Å²) in [6.45, 7) is 0. The number of nitrogens with zero attached hydrogens (tertiary/aromatic N) is 2. The Hall–Kier alpha value is -2.44. The van der Waals surface area contributed by atoms with Gasteiger partial charge in [-0.1, -0.05) is 54.2 Å². The number of carbonyl (C=O) groups excluding carboxylic acids is 1. The maximum Gasteiger partial charge on any atom is 0.286 e. The molecule has 1 aliphatic rings. The van der Waals surface area contributed by atoms with E-state index < -0.39 is 0 Å². The zero-order chi connectivity index (χ0) is 16.9. The van der Waals surface area contributed by atoms with Crippen LogP contribution in [0.1, 0.15) is 11.1 Å². The van der Waals surface area contributed by atoms with Crippen LogP contribution in [0.15, 0.2) is 64.6 Å². The molecule has 1 fully saturated rings. The first-order chi connectivity index (χ1) is 11.7. The number of thioether (sulfide) groups is 1. The minimum absolute atomic E-state index is 0.222. The summed E-state index contributed by atoms with van der Waals surface area (Å²) >= 11 is 6.52. The lowest BCUT2D eigenvalue weighted by Gasteiger charge is -2.07. The molecule has 0 bridgehead atoms.